The van der Waals surface area contributed by atoms with Crippen molar-refractivity contribution in [2.24, 2.45) is 0 Å². The first-order chi connectivity index (χ1) is 10.3. The van der Waals surface area contributed by atoms with E-state index >= 15 is 0 Å². The van der Waals surface area contributed by atoms with Gasteiger partial charge in [0, 0.05) is 16.2 Å². The monoisotopic (exact) mass is 301 g/mol. The minimum absolute atomic E-state index is 0.156. The van der Waals surface area contributed by atoms with Crippen LogP contribution in [0.2, 0.25) is 0 Å². The Morgan fingerprint density at radius 1 is 1.24 bits per heavy atom. The third-order valence-electron chi connectivity index (χ3n) is 3.87. The van der Waals surface area contributed by atoms with E-state index < -0.39 is 0 Å². The van der Waals surface area contributed by atoms with Crippen molar-refractivity contribution in [2.45, 2.75) is 36.0 Å². The van der Waals surface area contributed by atoms with Gasteiger partial charge in [-0.05, 0) is 48.7 Å². The fourth-order valence-electron chi connectivity index (χ4n) is 2.86. The summed E-state index contributed by atoms with van der Waals surface area (Å²) in [5.74, 6) is -0.156. The van der Waals surface area contributed by atoms with E-state index in [0.29, 0.717) is 5.25 Å². The number of hydrogen-bond acceptors (Lipinski definition) is 2. The van der Waals surface area contributed by atoms with Crippen molar-refractivity contribution in [3.63, 3.8) is 0 Å². The van der Waals surface area contributed by atoms with Gasteiger partial charge in [0.2, 0.25) is 0 Å². The number of thioether (sulfide) groups is 1. The number of rotatable bonds is 5. The molecule has 1 heterocycles. The molecule has 2 unspecified atom stereocenters. The summed E-state index contributed by atoms with van der Waals surface area (Å²) in [4.78, 5) is 1.36. The Balaban J connectivity index is 1.84. The third kappa shape index (κ3) is 3.30. The molecule has 2 atom stereocenters. The molecule has 2 aromatic carbocycles. The van der Waals surface area contributed by atoms with Crippen LogP contribution in [0.1, 0.15) is 30.5 Å². The highest BCUT2D eigenvalue weighted by Crippen LogP contribution is 2.42. The molecule has 0 aliphatic carbocycles. The van der Waals surface area contributed by atoms with Crippen LogP contribution in [0.15, 0.2) is 53.4 Å². The van der Waals surface area contributed by atoms with Gasteiger partial charge in [0.15, 0.2) is 0 Å². The zero-order chi connectivity index (χ0) is 14.7. The van der Waals surface area contributed by atoms with E-state index in [1.807, 2.05) is 17.8 Å². The summed E-state index contributed by atoms with van der Waals surface area (Å²) in [6.07, 6.45) is 2.12. The number of nitrogens with one attached hydrogen (secondary N) is 1. The molecule has 21 heavy (non-hydrogen) atoms. The Morgan fingerprint density at radius 3 is 2.86 bits per heavy atom. The summed E-state index contributed by atoms with van der Waals surface area (Å²) in [5.41, 5.74) is 2.46. The molecule has 0 amide bonds. The molecule has 0 saturated carbocycles. The van der Waals surface area contributed by atoms with Crippen molar-refractivity contribution >= 4 is 11.8 Å². The van der Waals surface area contributed by atoms with Crippen molar-refractivity contribution in [1.82, 2.24) is 5.32 Å². The maximum absolute atomic E-state index is 13.6. The molecule has 1 nitrogen and oxygen atoms in total. The zero-order valence-corrected chi connectivity index (χ0v) is 13.0. The van der Waals surface area contributed by atoms with Crippen LogP contribution >= 0.6 is 11.8 Å². The first-order valence-electron chi connectivity index (χ1n) is 7.51. The van der Waals surface area contributed by atoms with Gasteiger partial charge in [-0.1, -0.05) is 37.3 Å². The molecular weight excluding hydrogens is 281 g/mol. The highest BCUT2D eigenvalue weighted by atomic mass is 32.2. The summed E-state index contributed by atoms with van der Waals surface area (Å²) in [7, 11) is 0. The molecule has 0 fully saturated rings. The molecular formula is C18H20FNS. The van der Waals surface area contributed by atoms with Gasteiger partial charge in [-0.25, -0.2) is 4.39 Å². The predicted octanol–water partition coefficient (Wildman–Crippen LogP) is 4.58. The lowest BCUT2D eigenvalue weighted by Crippen LogP contribution is -2.30. The van der Waals surface area contributed by atoms with E-state index in [4.69, 9.17) is 0 Å². The van der Waals surface area contributed by atoms with E-state index in [9.17, 15) is 4.39 Å². The van der Waals surface area contributed by atoms with Crippen LogP contribution < -0.4 is 5.32 Å². The van der Waals surface area contributed by atoms with Gasteiger partial charge in [0.25, 0.3) is 0 Å². The highest BCUT2D eigenvalue weighted by Gasteiger charge is 2.30. The first-order valence-corrected chi connectivity index (χ1v) is 8.39. The van der Waals surface area contributed by atoms with E-state index in [-0.39, 0.29) is 11.9 Å². The summed E-state index contributed by atoms with van der Waals surface area (Å²) in [6.45, 7) is 3.11. The highest BCUT2D eigenvalue weighted by molar-refractivity contribution is 8.00. The van der Waals surface area contributed by atoms with Crippen LogP contribution in [0.5, 0.6) is 0 Å². The van der Waals surface area contributed by atoms with Crippen molar-refractivity contribution in [1.29, 1.82) is 0 Å². The second-order valence-electron chi connectivity index (χ2n) is 5.45. The lowest BCUT2D eigenvalue weighted by molar-refractivity contribution is 0.510. The second-order valence-corrected chi connectivity index (χ2v) is 6.74. The zero-order valence-electron chi connectivity index (χ0n) is 12.2. The van der Waals surface area contributed by atoms with Gasteiger partial charge >= 0.3 is 0 Å². The maximum Gasteiger partial charge on any atom is 0.123 e. The topological polar surface area (TPSA) is 12.0 Å². The van der Waals surface area contributed by atoms with Crippen LogP contribution in [-0.4, -0.2) is 11.8 Å². The Bertz CT molecular complexity index is 589. The van der Waals surface area contributed by atoms with Crippen LogP contribution in [0, 0.1) is 5.82 Å². The summed E-state index contributed by atoms with van der Waals surface area (Å²) in [6, 6.07) is 15.8. The molecule has 0 radical (unpaired) electrons. The lowest BCUT2D eigenvalue weighted by Gasteiger charge is -2.24. The average Bonchev–Trinajstić information content (AvgIpc) is 2.91. The summed E-state index contributed by atoms with van der Waals surface area (Å²) >= 11 is 1.91. The van der Waals surface area contributed by atoms with Crippen molar-refractivity contribution in [2.75, 3.05) is 6.54 Å². The van der Waals surface area contributed by atoms with Gasteiger partial charge in [0.1, 0.15) is 5.82 Å². The van der Waals surface area contributed by atoms with Crippen LogP contribution in [-0.2, 0) is 6.42 Å². The van der Waals surface area contributed by atoms with Gasteiger partial charge < -0.3 is 5.32 Å². The fraction of sp³-hybridized carbons (Fsp3) is 0.333. The Morgan fingerprint density at radius 2 is 2.10 bits per heavy atom. The molecule has 1 aliphatic heterocycles. The van der Waals surface area contributed by atoms with E-state index in [1.165, 1.54) is 16.5 Å². The average molecular weight is 301 g/mol. The molecule has 0 saturated heterocycles. The number of halogens is 1. The van der Waals surface area contributed by atoms with Gasteiger partial charge in [-0.15, -0.1) is 11.8 Å². The van der Waals surface area contributed by atoms with Crippen LogP contribution in [0.3, 0.4) is 0 Å². The Hall–Kier alpha value is -1.32. The Kier molecular flexibility index (Phi) is 4.61. The summed E-state index contributed by atoms with van der Waals surface area (Å²) < 4.78 is 13.6. The normalized spacial score (nSPS) is 18.5. The third-order valence-corrected chi connectivity index (χ3v) is 5.26. The van der Waals surface area contributed by atoms with E-state index in [0.717, 1.165) is 24.9 Å². The van der Waals surface area contributed by atoms with Gasteiger partial charge in [-0.3, -0.25) is 0 Å². The lowest BCUT2D eigenvalue weighted by atomic mass is 9.98. The standard InChI is InChI=1S/C18H20FNS/c1-2-10-20-18(14-7-5-8-15(19)11-14)17-12-13-6-3-4-9-16(13)21-17/h3-9,11,17-18,20H,2,10,12H2,1H3. The van der Waals surface area contributed by atoms with E-state index in [2.05, 4.69) is 36.5 Å². The molecule has 0 spiro atoms. The smallest absolute Gasteiger partial charge is 0.123 e. The maximum atomic E-state index is 13.6. The van der Waals surface area contributed by atoms with Crippen LogP contribution in [0.4, 0.5) is 4.39 Å². The molecule has 0 bridgehead atoms. The van der Waals surface area contributed by atoms with Crippen LogP contribution in [0.25, 0.3) is 0 Å². The molecule has 1 aliphatic rings. The predicted molar refractivity (Wildman–Crippen MR) is 87.2 cm³/mol. The Labute approximate surface area is 130 Å². The molecule has 110 valence electrons. The minimum atomic E-state index is -0.156. The molecule has 1 N–H and O–H groups in total. The summed E-state index contributed by atoms with van der Waals surface area (Å²) in [5, 5.41) is 4.03. The number of hydrogen-bond donors (Lipinski definition) is 1. The second kappa shape index (κ2) is 6.63. The fourth-order valence-corrected chi connectivity index (χ4v) is 4.30. The van der Waals surface area contributed by atoms with Gasteiger partial charge in [-0.2, -0.15) is 0 Å². The molecule has 0 aromatic heterocycles. The van der Waals surface area contributed by atoms with Crippen molar-refractivity contribution < 1.29 is 4.39 Å². The van der Waals surface area contributed by atoms with Crippen molar-refractivity contribution in [3.05, 3.63) is 65.5 Å². The van der Waals surface area contributed by atoms with Gasteiger partial charge in [0.05, 0.1) is 0 Å². The largest absolute Gasteiger partial charge is 0.309 e. The number of fused-ring (bicyclic) bond motifs is 1. The minimum Gasteiger partial charge on any atom is -0.309 e. The SMILES string of the molecule is CCCNC(c1cccc(F)c1)C1Cc2ccccc2S1. The first kappa shape index (κ1) is 14.6. The molecule has 3 rings (SSSR count). The molecule has 3 heteroatoms. The van der Waals surface area contributed by atoms with E-state index in [1.54, 1.807) is 12.1 Å². The molecule has 2 aromatic rings. The number of benzene rings is 2. The van der Waals surface area contributed by atoms with Crippen molar-refractivity contribution in [3.8, 4) is 0 Å². The quantitative estimate of drug-likeness (QED) is 0.867.